The number of amides is 1. The fourth-order valence-electron chi connectivity index (χ4n) is 14.0. The zero-order valence-corrected chi connectivity index (χ0v) is 62.9. The van der Waals surface area contributed by atoms with Crippen LogP contribution in [-0.4, -0.2) is 140 Å². The summed E-state index contributed by atoms with van der Waals surface area (Å²) in [6, 6.07) is -0.931. The molecule has 97 heavy (non-hydrogen) atoms. The van der Waals surface area contributed by atoms with Crippen LogP contribution < -0.4 is 5.32 Å². The lowest BCUT2D eigenvalue weighted by molar-refractivity contribution is -0.359. The number of aliphatic hydroxyl groups excluding tert-OH is 8. The molecule has 2 aliphatic heterocycles. The molecule has 14 heteroatoms. The van der Waals surface area contributed by atoms with E-state index in [0.717, 1.165) is 32.1 Å². The van der Waals surface area contributed by atoms with Gasteiger partial charge in [-0.15, -0.1) is 0 Å². The first kappa shape index (κ1) is 91.3. The number of rotatable bonds is 71. The molecule has 2 fully saturated rings. The summed E-state index contributed by atoms with van der Waals surface area (Å²) in [5.74, 6) is -0.241. The molecule has 2 aliphatic rings. The highest BCUT2D eigenvalue weighted by Gasteiger charge is 2.51. The van der Waals surface area contributed by atoms with Crippen molar-refractivity contribution in [1.82, 2.24) is 5.32 Å². The number of ether oxygens (including phenoxy) is 4. The van der Waals surface area contributed by atoms with Gasteiger partial charge in [-0.3, -0.25) is 4.79 Å². The highest BCUT2D eigenvalue weighted by atomic mass is 16.7. The van der Waals surface area contributed by atoms with Crippen LogP contribution in [0.25, 0.3) is 0 Å². The third-order valence-corrected chi connectivity index (χ3v) is 20.5. The van der Waals surface area contributed by atoms with Gasteiger partial charge in [-0.25, -0.2) is 0 Å². The van der Waals surface area contributed by atoms with Gasteiger partial charge in [-0.05, 0) is 57.8 Å². The van der Waals surface area contributed by atoms with E-state index < -0.39 is 86.8 Å². The van der Waals surface area contributed by atoms with Crippen LogP contribution in [0.2, 0.25) is 0 Å². The molecule has 12 atom stereocenters. The summed E-state index contributed by atoms with van der Waals surface area (Å²) in [6.07, 6.45) is 72.6. The van der Waals surface area contributed by atoms with Crippen molar-refractivity contribution in [1.29, 1.82) is 0 Å². The third-order valence-electron chi connectivity index (χ3n) is 20.5. The maximum atomic E-state index is 13.4. The number of allylic oxidation sites excluding steroid dienone is 5. The van der Waals surface area contributed by atoms with Crippen molar-refractivity contribution in [2.75, 3.05) is 19.8 Å². The summed E-state index contributed by atoms with van der Waals surface area (Å²) >= 11 is 0. The van der Waals surface area contributed by atoms with Crippen molar-refractivity contribution in [2.24, 2.45) is 0 Å². The number of nitrogens with one attached hydrogen (secondary N) is 1. The SMILES string of the molecule is CCCCCCCCCC/C=C\CCCCCCCCCCCCCCCCCCCCCCCCCCCCCCCC(=O)NC(COC1OC(CO)C(OC2OC(CO)C(O)C(O)C2O)C(O)C1O)C(O)/C=C/CC/C=C/CCCCCCCCCCCCCCCCCC. The topological polar surface area (TPSA) is 228 Å². The number of aliphatic hydroxyl groups is 8. The lowest BCUT2D eigenvalue weighted by atomic mass is 9.97. The van der Waals surface area contributed by atoms with Crippen LogP contribution in [0.4, 0.5) is 0 Å². The van der Waals surface area contributed by atoms with E-state index in [9.17, 15) is 45.6 Å². The van der Waals surface area contributed by atoms with Crippen molar-refractivity contribution in [2.45, 2.75) is 466 Å². The summed E-state index contributed by atoms with van der Waals surface area (Å²) in [7, 11) is 0. The molecular formula is C83H157NO13. The Morgan fingerprint density at radius 2 is 0.660 bits per heavy atom. The van der Waals surface area contributed by atoms with Crippen LogP contribution in [0.5, 0.6) is 0 Å². The predicted octanol–water partition coefficient (Wildman–Crippen LogP) is 19.2. The summed E-state index contributed by atoms with van der Waals surface area (Å²) in [5.41, 5.74) is 0. The average Bonchev–Trinajstić information content (AvgIpc) is 0.794. The van der Waals surface area contributed by atoms with Gasteiger partial charge in [0.05, 0.1) is 32.0 Å². The minimum Gasteiger partial charge on any atom is -0.394 e. The van der Waals surface area contributed by atoms with Crippen LogP contribution in [-0.2, 0) is 23.7 Å². The molecule has 0 aromatic carbocycles. The molecular weight excluding hydrogens is 1220 g/mol. The molecule has 0 bridgehead atoms. The molecule has 1 amide bonds. The Balaban J connectivity index is 1.56. The van der Waals surface area contributed by atoms with Gasteiger partial charge in [0.25, 0.3) is 0 Å². The normalized spacial score (nSPS) is 22.2. The van der Waals surface area contributed by atoms with Gasteiger partial charge in [-0.2, -0.15) is 0 Å². The van der Waals surface area contributed by atoms with E-state index in [2.05, 4.69) is 43.5 Å². The molecule has 0 spiro atoms. The van der Waals surface area contributed by atoms with E-state index in [1.165, 1.54) is 327 Å². The number of unbranched alkanes of at least 4 members (excludes halogenated alkanes) is 54. The smallest absolute Gasteiger partial charge is 0.220 e. The Hall–Kier alpha value is -1.79. The lowest BCUT2D eigenvalue weighted by Gasteiger charge is -2.46. The molecule has 0 aromatic rings. The van der Waals surface area contributed by atoms with Crippen molar-refractivity contribution >= 4 is 5.91 Å². The van der Waals surface area contributed by atoms with Crippen LogP contribution in [0.1, 0.15) is 393 Å². The van der Waals surface area contributed by atoms with Crippen LogP contribution in [0.3, 0.4) is 0 Å². The second-order valence-corrected chi connectivity index (χ2v) is 29.6. The first-order chi connectivity index (χ1) is 47.6. The molecule has 12 unspecified atom stereocenters. The van der Waals surface area contributed by atoms with E-state index in [1.54, 1.807) is 6.08 Å². The number of carbonyl (C=O) groups excluding carboxylic acids is 1. The molecule has 0 aliphatic carbocycles. The molecule has 0 radical (unpaired) electrons. The van der Waals surface area contributed by atoms with E-state index in [-0.39, 0.29) is 18.9 Å². The van der Waals surface area contributed by atoms with Crippen molar-refractivity contribution in [3.63, 3.8) is 0 Å². The zero-order chi connectivity index (χ0) is 70.1. The van der Waals surface area contributed by atoms with E-state index in [0.29, 0.717) is 12.8 Å². The molecule has 14 nitrogen and oxygen atoms in total. The molecule has 9 N–H and O–H groups in total. The second-order valence-electron chi connectivity index (χ2n) is 29.6. The highest BCUT2D eigenvalue weighted by molar-refractivity contribution is 5.76. The van der Waals surface area contributed by atoms with Gasteiger partial charge >= 0.3 is 0 Å². The largest absolute Gasteiger partial charge is 0.394 e. The fourth-order valence-corrected chi connectivity index (χ4v) is 14.0. The monoisotopic (exact) mass is 1380 g/mol. The van der Waals surface area contributed by atoms with E-state index >= 15 is 0 Å². The van der Waals surface area contributed by atoms with Crippen molar-refractivity contribution < 1.29 is 64.6 Å². The minimum absolute atomic E-state index is 0.241. The van der Waals surface area contributed by atoms with Gasteiger partial charge in [0.15, 0.2) is 12.6 Å². The predicted molar refractivity (Wildman–Crippen MR) is 401 cm³/mol. The van der Waals surface area contributed by atoms with Crippen molar-refractivity contribution in [3.8, 4) is 0 Å². The molecule has 0 saturated carbocycles. The van der Waals surface area contributed by atoms with Crippen molar-refractivity contribution in [3.05, 3.63) is 36.5 Å². The lowest BCUT2D eigenvalue weighted by Crippen LogP contribution is -2.65. The number of hydrogen-bond acceptors (Lipinski definition) is 13. The van der Waals surface area contributed by atoms with Gasteiger partial charge in [0.2, 0.25) is 5.91 Å². The van der Waals surface area contributed by atoms with Gasteiger partial charge < -0.3 is 65.1 Å². The molecule has 2 heterocycles. The van der Waals surface area contributed by atoms with Crippen LogP contribution in [0.15, 0.2) is 36.5 Å². The van der Waals surface area contributed by atoms with Crippen LogP contribution in [0, 0.1) is 0 Å². The number of carbonyl (C=O) groups is 1. The Kier molecular flexibility index (Phi) is 63.4. The summed E-state index contributed by atoms with van der Waals surface area (Å²) in [6.45, 7) is 2.84. The summed E-state index contributed by atoms with van der Waals surface area (Å²) in [4.78, 5) is 13.4. The zero-order valence-electron chi connectivity index (χ0n) is 62.9. The maximum absolute atomic E-state index is 13.4. The Morgan fingerprint density at radius 3 is 1.01 bits per heavy atom. The van der Waals surface area contributed by atoms with Crippen LogP contribution >= 0.6 is 0 Å². The standard InChI is InChI=1S/C83H157NO13/c1-3-5-7-9-11-13-15-17-19-21-23-25-27-28-29-30-31-32-33-34-35-36-37-38-39-40-41-42-43-44-45-47-49-51-53-55-57-59-61-63-65-67-75(88)84-71(70-94-82-80(93)78(91)81(74(69-86)96-82)97-83-79(92)77(90)76(89)73(68-85)95-83)72(87)66-64-62-60-58-56-54-52-50-48-46-26-24-22-20-18-16-14-12-10-8-6-4-2/h21,23,56,58,64,66,71-74,76-83,85-87,89-93H,3-20,22,24-55,57,59-63,65,67-70H2,1-2H3,(H,84,88)/b23-21-,58-56+,66-64+. The van der Waals surface area contributed by atoms with Gasteiger partial charge in [0.1, 0.15) is 48.8 Å². The average molecular weight is 1380 g/mol. The fraction of sp³-hybridized carbons (Fsp3) is 0.916. The minimum atomic E-state index is -1.79. The summed E-state index contributed by atoms with van der Waals surface area (Å²) in [5, 5.41) is 87.6. The third kappa shape index (κ3) is 50.3. The molecule has 2 rings (SSSR count). The summed E-state index contributed by atoms with van der Waals surface area (Å²) < 4.78 is 22.9. The number of hydrogen-bond donors (Lipinski definition) is 9. The Morgan fingerprint density at radius 1 is 0.361 bits per heavy atom. The maximum Gasteiger partial charge on any atom is 0.220 e. The molecule has 0 aromatic heterocycles. The highest BCUT2D eigenvalue weighted by Crippen LogP contribution is 2.30. The second kappa shape index (κ2) is 67.4. The first-order valence-electron chi connectivity index (χ1n) is 41.7. The first-order valence-corrected chi connectivity index (χ1v) is 41.7. The quantitative estimate of drug-likeness (QED) is 0.0204. The van der Waals surface area contributed by atoms with E-state index in [4.69, 9.17) is 18.9 Å². The van der Waals surface area contributed by atoms with Gasteiger partial charge in [0, 0.05) is 6.42 Å². The molecule has 2 saturated heterocycles. The molecule has 572 valence electrons. The Bertz CT molecular complexity index is 1770. The van der Waals surface area contributed by atoms with E-state index in [1.807, 2.05) is 6.08 Å². The van der Waals surface area contributed by atoms with Gasteiger partial charge in [-0.1, -0.05) is 365 Å². The Labute approximate surface area is 595 Å².